The minimum Gasteiger partial charge on any atom is -0.385 e. The molecule has 0 radical (unpaired) electrons. The predicted octanol–water partition coefficient (Wildman–Crippen LogP) is 3.24. The van der Waals surface area contributed by atoms with Crippen LogP contribution < -0.4 is 0 Å². The Balaban J connectivity index is 2.69. The van der Waals surface area contributed by atoms with Crippen molar-refractivity contribution in [2.24, 2.45) is 0 Å². The Hall–Kier alpha value is -1.41. The van der Waals surface area contributed by atoms with Gasteiger partial charge < -0.3 is 5.11 Å². The summed E-state index contributed by atoms with van der Waals surface area (Å²) in [5, 5.41) is 11.6. The summed E-state index contributed by atoms with van der Waals surface area (Å²) in [6.07, 6.45) is 3.22. The monoisotopic (exact) mass is 215 g/mol. The van der Waals surface area contributed by atoms with Gasteiger partial charge in [0.15, 0.2) is 0 Å². The number of nitrogens with zero attached hydrogens (tertiary/aromatic N) is 1. The second-order valence-corrected chi connectivity index (χ2v) is 4.11. The van der Waals surface area contributed by atoms with E-state index in [-0.39, 0.29) is 0 Å². The first-order chi connectivity index (χ1) is 7.71. The summed E-state index contributed by atoms with van der Waals surface area (Å²) in [5.74, 6) is 0. The zero-order chi connectivity index (χ0) is 11.6. The Morgan fingerprint density at radius 3 is 2.56 bits per heavy atom. The third kappa shape index (κ3) is 1.69. The van der Waals surface area contributed by atoms with Crippen LogP contribution in [0, 0.1) is 0 Å². The highest BCUT2D eigenvalue weighted by atomic mass is 16.3. The van der Waals surface area contributed by atoms with Gasteiger partial charge in [-0.1, -0.05) is 32.0 Å². The van der Waals surface area contributed by atoms with Crippen LogP contribution >= 0.6 is 0 Å². The average Bonchev–Trinajstić information content (AvgIpc) is 2.37. The molecule has 0 amide bonds. The van der Waals surface area contributed by atoms with Crippen molar-refractivity contribution < 1.29 is 5.11 Å². The first-order valence-electron chi connectivity index (χ1n) is 5.78. The van der Waals surface area contributed by atoms with Gasteiger partial charge in [0.25, 0.3) is 0 Å². The number of benzene rings is 1. The Morgan fingerprint density at radius 2 is 1.88 bits per heavy atom. The van der Waals surface area contributed by atoms with Crippen LogP contribution in [-0.4, -0.2) is 10.1 Å². The van der Waals surface area contributed by atoms with E-state index in [1.807, 2.05) is 44.2 Å². The standard InChI is InChI=1S/C14H17NO/c1-3-14(16,4-2)12-8-5-9-13-11(12)7-6-10-15-13/h5-10,16H,3-4H2,1-2H3. The van der Waals surface area contributed by atoms with Crippen molar-refractivity contribution in [1.29, 1.82) is 0 Å². The second kappa shape index (κ2) is 4.22. The summed E-state index contributed by atoms with van der Waals surface area (Å²) in [5.41, 5.74) is 1.20. The third-order valence-corrected chi connectivity index (χ3v) is 3.32. The van der Waals surface area contributed by atoms with E-state index in [2.05, 4.69) is 4.98 Å². The molecule has 0 aliphatic heterocycles. The molecule has 0 unspecified atom stereocenters. The molecule has 2 nitrogen and oxygen atoms in total. The van der Waals surface area contributed by atoms with E-state index in [1.54, 1.807) is 6.20 Å². The molecule has 1 heterocycles. The van der Waals surface area contributed by atoms with Crippen LogP contribution in [-0.2, 0) is 5.60 Å². The summed E-state index contributed by atoms with van der Waals surface area (Å²) in [7, 11) is 0. The largest absolute Gasteiger partial charge is 0.385 e. The van der Waals surface area contributed by atoms with Crippen molar-refractivity contribution in [2.75, 3.05) is 0 Å². The van der Waals surface area contributed by atoms with E-state index in [1.165, 1.54) is 0 Å². The lowest BCUT2D eigenvalue weighted by Crippen LogP contribution is -2.23. The minimum absolute atomic E-state index is 0.720. The van der Waals surface area contributed by atoms with Gasteiger partial charge in [0.1, 0.15) is 0 Å². The lowest BCUT2D eigenvalue weighted by molar-refractivity contribution is 0.0299. The molecule has 0 aliphatic carbocycles. The molecule has 0 fully saturated rings. The molecule has 0 saturated heterocycles. The summed E-state index contributed by atoms with van der Waals surface area (Å²) < 4.78 is 0. The van der Waals surface area contributed by atoms with Crippen molar-refractivity contribution in [3.05, 3.63) is 42.1 Å². The molecule has 16 heavy (non-hydrogen) atoms. The van der Waals surface area contributed by atoms with E-state index >= 15 is 0 Å². The molecule has 0 atom stereocenters. The fourth-order valence-electron chi connectivity index (χ4n) is 2.14. The van der Waals surface area contributed by atoms with Crippen molar-refractivity contribution in [2.45, 2.75) is 32.3 Å². The summed E-state index contributed by atoms with van der Waals surface area (Å²) in [6, 6.07) is 9.87. The van der Waals surface area contributed by atoms with Gasteiger partial charge in [0.2, 0.25) is 0 Å². The van der Waals surface area contributed by atoms with E-state index in [9.17, 15) is 5.11 Å². The van der Waals surface area contributed by atoms with Crippen LogP contribution in [0.4, 0.5) is 0 Å². The highest BCUT2D eigenvalue weighted by Crippen LogP contribution is 2.33. The lowest BCUT2D eigenvalue weighted by Gasteiger charge is -2.27. The fraction of sp³-hybridized carbons (Fsp3) is 0.357. The van der Waals surface area contributed by atoms with Crippen LogP contribution in [0.1, 0.15) is 32.3 Å². The molecule has 2 aromatic rings. The molecule has 1 N–H and O–H groups in total. The van der Waals surface area contributed by atoms with Gasteiger partial charge in [0.05, 0.1) is 11.1 Å². The molecule has 0 aliphatic rings. The lowest BCUT2D eigenvalue weighted by atomic mass is 9.86. The molecule has 0 saturated carbocycles. The quantitative estimate of drug-likeness (QED) is 0.852. The Morgan fingerprint density at radius 1 is 1.12 bits per heavy atom. The molecule has 1 aromatic carbocycles. The van der Waals surface area contributed by atoms with Gasteiger partial charge in [-0.15, -0.1) is 0 Å². The maximum Gasteiger partial charge on any atom is 0.0897 e. The van der Waals surface area contributed by atoms with Crippen molar-refractivity contribution >= 4 is 10.9 Å². The number of aromatic nitrogens is 1. The number of fused-ring (bicyclic) bond motifs is 1. The normalized spacial score (nSPS) is 11.9. The molecular weight excluding hydrogens is 198 g/mol. The topological polar surface area (TPSA) is 33.1 Å². The molecule has 1 aromatic heterocycles. The number of hydrogen-bond donors (Lipinski definition) is 1. The van der Waals surface area contributed by atoms with E-state index in [4.69, 9.17) is 0 Å². The SMILES string of the molecule is CCC(O)(CC)c1cccc2ncccc12. The van der Waals surface area contributed by atoms with Crippen molar-refractivity contribution in [3.8, 4) is 0 Å². The average molecular weight is 215 g/mol. The van der Waals surface area contributed by atoms with Crippen LogP contribution in [0.3, 0.4) is 0 Å². The minimum atomic E-state index is -0.734. The highest BCUT2D eigenvalue weighted by molar-refractivity contribution is 5.82. The molecular formula is C14H17NO. The molecule has 2 heteroatoms. The van der Waals surface area contributed by atoms with Crippen LogP contribution in [0.25, 0.3) is 10.9 Å². The Labute approximate surface area is 96.0 Å². The van der Waals surface area contributed by atoms with E-state index in [0.717, 1.165) is 29.3 Å². The number of pyridine rings is 1. The second-order valence-electron chi connectivity index (χ2n) is 4.11. The van der Waals surface area contributed by atoms with Gasteiger partial charge in [-0.2, -0.15) is 0 Å². The zero-order valence-corrected chi connectivity index (χ0v) is 9.77. The molecule has 2 rings (SSSR count). The van der Waals surface area contributed by atoms with Crippen LogP contribution in [0.2, 0.25) is 0 Å². The molecule has 0 bridgehead atoms. The summed E-state index contributed by atoms with van der Waals surface area (Å²) in [6.45, 7) is 4.03. The molecule has 84 valence electrons. The maximum atomic E-state index is 10.6. The van der Waals surface area contributed by atoms with Crippen molar-refractivity contribution in [1.82, 2.24) is 4.98 Å². The number of aliphatic hydroxyl groups is 1. The summed E-state index contributed by atoms with van der Waals surface area (Å²) >= 11 is 0. The predicted molar refractivity (Wildman–Crippen MR) is 66.2 cm³/mol. The van der Waals surface area contributed by atoms with Gasteiger partial charge >= 0.3 is 0 Å². The first kappa shape index (κ1) is 11.1. The van der Waals surface area contributed by atoms with E-state index < -0.39 is 5.60 Å². The maximum absolute atomic E-state index is 10.6. The molecule has 0 spiro atoms. The Kier molecular flexibility index (Phi) is 2.92. The van der Waals surface area contributed by atoms with E-state index in [0.29, 0.717) is 0 Å². The number of rotatable bonds is 3. The zero-order valence-electron chi connectivity index (χ0n) is 9.77. The first-order valence-corrected chi connectivity index (χ1v) is 5.78. The van der Waals surface area contributed by atoms with Crippen LogP contribution in [0.5, 0.6) is 0 Å². The van der Waals surface area contributed by atoms with Gasteiger partial charge in [0, 0.05) is 11.6 Å². The van der Waals surface area contributed by atoms with Gasteiger partial charge in [-0.25, -0.2) is 0 Å². The van der Waals surface area contributed by atoms with Gasteiger partial charge in [-0.3, -0.25) is 4.98 Å². The number of hydrogen-bond acceptors (Lipinski definition) is 2. The highest BCUT2D eigenvalue weighted by Gasteiger charge is 2.26. The smallest absolute Gasteiger partial charge is 0.0897 e. The third-order valence-electron chi connectivity index (χ3n) is 3.32. The van der Waals surface area contributed by atoms with Crippen LogP contribution in [0.15, 0.2) is 36.5 Å². The van der Waals surface area contributed by atoms with Crippen molar-refractivity contribution in [3.63, 3.8) is 0 Å². The Bertz CT molecular complexity index is 484. The fourth-order valence-corrected chi connectivity index (χ4v) is 2.14. The summed E-state index contributed by atoms with van der Waals surface area (Å²) in [4.78, 5) is 4.31. The van der Waals surface area contributed by atoms with Gasteiger partial charge in [-0.05, 0) is 30.5 Å².